The molecular weight excluding hydrogens is 348 g/mol. The summed E-state index contributed by atoms with van der Waals surface area (Å²) in [6, 6.07) is 22.6. The minimum Gasteiger partial charge on any atom is -0.288 e. The van der Waals surface area contributed by atoms with Crippen LogP contribution in [-0.2, 0) is 0 Å². The van der Waals surface area contributed by atoms with Gasteiger partial charge in [0.25, 0.3) is 5.69 Å². The van der Waals surface area contributed by atoms with E-state index >= 15 is 0 Å². The predicted molar refractivity (Wildman–Crippen MR) is 103 cm³/mol. The van der Waals surface area contributed by atoms with Crippen LogP contribution < -0.4 is 0 Å². The molecule has 0 unspecified atom stereocenters. The quantitative estimate of drug-likeness (QED) is 0.288. The molecule has 1 heterocycles. The molecule has 0 N–H and O–H groups in total. The molecule has 0 radical (unpaired) electrons. The maximum absolute atomic E-state index is 12.1. The zero-order valence-electron chi connectivity index (χ0n) is 13.6. The molecular formula is C20H14N2O3S. The molecule has 6 heteroatoms. The molecule has 0 saturated heterocycles. The Balaban J connectivity index is 0.000000181. The smallest absolute Gasteiger partial charge is 0.280 e. The van der Waals surface area contributed by atoms with E-state index in [0.717, 1.165) is 5.52 Å². The van der Waals surface area contributed by atoms with Gasteiger partial charge >= 0.3 is 0 Å². The second kappa shape index (κ2) is 8.13. The van der Waals surface area contributed by atoms with Crippen LogP contribution in [0.25, 0.3) is 10.2 Å². The highest BCUT2D eigenvalue weighted by Crippen LogP contribution is 2.21. The van der Waals surface area contributed by atoms with Crippen LogP contribution in [0.5, 0.6) is 0 Å². The average molecular weight is 362 g/mol. The van der Waals surface area contributed by atoms with Gasteiger partial charge in [-0.3, -0.25) is 14.9 Å². The third-order valence-corrected chi connectivity index (χ3v) is 4.43. The minimum atomic E-state index is -0.545. The monoisotopic (exact) mass is 362 g/mol. The van der Waals surface area contributed by atoms with Gasteiger partial charge in [0.1, 0.15) is 5.56 Å². The number of benzene rings is 3. The number of para-hydroxylation sites is 2. The maximum Gasteiger partial charge on any atom is 0.280 e. The first-order valence-electron chi connectivity index (χ1n) is 7.78. The molecule has 4 aromatic rings. The molecule has 0 fully saturated rings. The van der Waals surface area contributed by atoms with Gasteiger partial charge in [-0.1, -0.05) is 54.6 Å². The summed E-state index contributed by atoms with van der Waals surface area (Å²) >= 11 is 1.68. The number of thiazole rings is 1. The first-order valence-corrected chi connectivity index (χ1v) is 8.66. The summed E-state index contributed by atoms with van der Waals surface area (Å²) in [4.78, 5) is 26.5. The van der Waals surface area contributed by atoms with E-state index in [2.05, 4.69) is 11.1 Å². The summed E-state index contributed by atoms with van der Waals surface area (Å²) in [6.07, 6.45) is 0. The van der Waals surface area contributed by atoms with Gasteiger partial charge < -0.3 is 0 Å². The Labute approximate surface area is 153 Å². The maximum atomic E-state index is 12.1. The summed E-state index contributed by atoms with van der Waals surface area (Å²) in [5.74, 6) is -0.335. The lowest BCUT2D eigenvalue weighted by Crippen LogP contribution is -2.04. The first-order chi connectivity index (χ1) is 12.7. The number of fused-ring (bicyclic) bond motifs is 1. The average Bonchev–Trinajstić information content (AvgIpc) is 3.17. The van der Waals surface area contributed by atoms with Gasteiger partial charge in [0.2, 0.25) is 0 Å². The molecule has 0 aliphatic heterocycles. The zero-order chi connectivity index (χ0) is 18.4. The summed E-state index contributed by atoms with van der Waals surface area (Å²) in [5.41, 5.74) is 3.36. The molecule has 0 spiro atoms. The van der Waals surface area contributed by atoms with Crippen LogP contribution in [0.2, 0.25) is 0 Å². The van der Waals surface area contributed by atoms with Crippen LogP contribution in [-0.4, -0.2) is 15.7 Å². The predicted octanol–water partition coefficient (Wildman–Crippen LogP) is 5.12. The van der Waals surface area contributed by atoms with Gasteiger partial charge in [0, 0.05) is 11.6 Å². The SMILES string of the molecule is O=C(c1ccccc1)c1ccccc1[N+](=O)[O-].c1ccc2scnc2c1. The third kappa shape index (κ3) is 3.99. The molecule has 0 amide bonds. The highest BCUT2D eigenvalue weighted by Gasteiger charge is 2.19. The molecule has 3 aromatic carbocycles. The Morgan fingerprint density at radius 1 is 0.885 bits per heavy atom. The number of ketones is 1. The van der Waals surface area contributed by atoms with Crippen molar-refractivity contribution in [1.82, 2.24) is 4.98 Å². The lowest BCUT2D eigenvalue weighted by Gasteiger charge is -2.01. The molecule has 0 saturated carbocycles. The number of nitrogens with zero attached hydrogens (tertiary/aromatic N) is 2. The summed E-state index contributed by atoms with van der Waals surface area (Å²) in [5, 5.41) is 10.8. The molecule has 128 valence electrons. The number of hydrogen-bond acceptors (Lipinski definition) is 5. The molecule has 1 aromatic heterocycles. The molecule has 0 aliphatic rings. The van der Waals surface area contributed by atoms with E-state index in [9.17, 15) is 14.9 Å². The van der Waals surface area contributed by atoms with E-state index in [0.29, 0.717) is 5.56 Å². The van der Waals surface area contributed by atoms with E-state index in [1.165, 1.54) is 16.8 Å². The Morgan fingerprint density at radius 3 is 2.27 bits per heavy atom. The highest BCUT2D eigenvalue weighted by atomic mass is 32.1. The second-order valence-electron chi connectivity index (χ2n) is 5.29. The van der Waals surface area contributed by atoms with Gasteiger partial charge in [-0.15, -0.1) is 11.3 Å². The fraction of sp³-hybridized carbons (Fsp3) is 0. The summed E-state index contributed by atoms with van der Waals surface area (Å²) in [6.45, 7) is 0. The van der Waals surface area contributed by atoms with Crippen molar-refractivity contribution in [2.75, 3.05) is 0 Å². The third-order valence-electron chi connectivity index (χ3n) is 3.62. The van der Waals surface area contributed by atoms with Crippen LogP contribution in [0, 0.1) is 10.1 Å². The standard InChI is InChI=1S/C13H9NO3.C7H5NS/c15-13(10-6-2-1-3-7-10)11-8-4-5-9-12(11)14(16)17;1-2-4-7-6(3-1)8-5-9-7/h1-9H;1-5H. The normalized spacial score (nSPS) is 10.0. The van der Waals surface area contributed by atoms with E-state index in [4.69, 9.17) is 0 Å². The van der Waals surface area contributed by atoms with Crippen molar-refractivity contribution in [2.45, 2.75) is 0 Å². The summed E-state index contributed by atoms with van der Waals surface area (Å²) in [7, 11) is 0. The number of carbonyl (C=O) groups excluding carboxylic acids is 1. The van der Waals surface area contributed by atoms with Crippen molar-refractivity contribution >= 4 is 33.0 Å². The topological polar surface area (TPSA) is 73.1 Å². The minimum absolute atomic E-state index is 0.115. The number of carbonyl (C=O) groups is 1. The molecule has 4 rings (SSSR count). The fourth-order valence-electron chi connectivity index (χ4n) is 2.37. The van der Waals surface area contributed by atoms with Crippen molar-refractivity contribution in [1.29, 1.82) is 0 Å². The zero-order valence-corrected chi connectivity index (χ0v) is 14.4. The molecule has 0 bridgehead atoms. The number of aromatic nitrogens is 1. The van der Waals surface area contributed by atoms with E-state index in [-0.39, 0.29) is 17.0 Å². The van der Waals surface area contributed by atoms with Gasteiger partial charge in [0.05, 0.1) is 20.7 Å². The number of nitro groups is 1. The van der Waals surface area contributed by atoms with Crippen LogP contribution in [0.3, 0.4) is 0 Å². The molecule has 0 atom stereocenters. The fourth-order valence-corrected chi connectivity index (χ4v) is 3.05. The van der Waals surface area contributed by atoms with Crippen LogP contribution >= 0.6 is 11.3 Å². The Morgan fingerprint density at radius 2 is 1.54 bits per heavy atom. The Kier molecular flexibility index (Phi) is 5.46. The number of hydrogen-bond donors (Lipinski definition) is 0. The van der Waals surface area contributed by atoms with Crippen molar-refractivity contribution in [2.24, 2.45) is 0 Å². The largest absolute Gasteiger partial charge is 0.288 e. The van der Waals surface area contributed by atoms with Crippen molar-refractivity contribution < 1.29 is 9.72 Å². The lowest BCUT2D eigenvalue weighted by atomic mass is 10.0. The molecule has 0 aliphatic carbocycles. The van der Waals surface area contributed by atoms with E-state index < -0.39 is 4.92 Å². The molecule has 26 heavy (non-hydrogen) atoms. The van der Waals surface area contributed by atoms with Crippen molar-refractivity contribution in [3.63, 3.8) is 0 Å². The number of rotatable bonds is 3. The Hall–Kier alpha value is -3.38. The van der Waals surface area contributed by atoms with Crippen molar-refractivity contribution in [3.05, 3.63) is 106 Å². The second-order valence-corrected chi connectivity index (χ2v) is 6.18. The van der Waals surface area contributed by atoms with Gasteiger partial charge in [-0.25, -0.2) is 4.98 Å². The van der Waals surface area contributed by atoms with Crippen LogP contribution in [0.15, 0.2) is 84.4 Å². The number of nitro benzene ring substituents is 1. The van der Waals surface area contributed by atoms with Crippen LogP contribution in [0.1, 0.15) is 15.9 Å². The first kappa shape index (κ1) is 17.4. The lowest BCUT2D eigenvalue weighted by molar-refractivity contribution is -0.385. The van der Waals surface area contributed by atoms with Gasteiger partial charge in [-0.2, -0.15) is 0 Å². The Bertz CT molecular complexity index is 1010. The van der Waals surface area contributed by atoms with Gasteiger partial charge in [-0.05, 0) is 18.2 Å². The van der Waals surface area contributed by atoms with Crippen molar-refractivity contribution in [3.8, 4) is 0 Å². The highest BCUT2D eigenvalue weighted by molar-refractivity contribution is 7.16. The summed E-state index contributed by atoms with van der Waals surface area (Å²) < 4.78 is 1.26. The van der Waals surface area contributed by atoms with Gasteiger partial charge in [0.15, 0.2) is 5.78 Å². The van der Waals surface area contributed by atoms with E-state index in [1.54, 1.807) is 53.8 Å². The van der Waals surface area contributed by atoms with E-state index in [1.807, 2.05) is 23.7 Å². The van der Waals surface area contributed by atoms with Crippen LogP contribution in [0.4, 0.5) is 5.69 Å². The molecule has 5 nitrogen and oxygen atoms in total.